The molecule has 0 nitrogen and oxygen atoms in total. The van der Waals surface area contributed by atoms with Crippen LogP contribution in [0.4, 0.5) is 0 Å². The maximum absolute atomic E-state index is 2.33. The molecule has 0 bridgehead atoms. The summed E-state index contributed by atoms with van der Waals surface area (Å²) in [5, 5.41) is 1.49. The lowest BCUT2D eigenvalue weighted by molar-refractivity contribution is 0.602. The summed E-state index contributed by atoms with van der Waals surface area (Å²) < 4.78 is 4.65. The van der Waals surface area contributed by atoms with Crippen molar-refractivity contribution in [3.63, 3.8) is 0 Å². The fourth-order valence-electron chi connectivity index (χ4n) is 4.24. The van der Waals surface area contributed by atoms with Gasteiger partial charge in [-0.15, -0.1) is 22.7 Å². The van der Waals surface area contributed by atoms with E-state index >= 15 is 0 Å². The zero-order valence-corrected chi connectivity index (χ0v) is 19.7. The van der Waals surface area contributed by atoms with E-state index in [1.54, 1.807) is 19.8 Å². The minimum atomic E-state index is 1.30. The average Bonchev–Trinajstić information content (AvgIpc) is 3.23. The largest absolute Gasteiger partial charge is 0.138 e. The molecular weight excluding hydrogens is 376 g/mol. The van der Waals surface area contributed by atoms with E-state index in [2.05, 4.69) is 49.4 Å². The molecule has 2 heteroatoms. The van der Waals surface area contributed by atoms with Crippen LogP contribution in [0.25, 0.3) is 19.5 Å². The van der Waals surface area contributed by atoms with Crippen LogP contribution in [0.3, 0.4) is 0 Å². The summed E-state index contributed by atoms with van der Waals surface area (Å²) in [5.41, 5.74) is 1.71. The van der Waals surface area contributed by atoms with Crippen LogP contribution in [0.2, 0.25) is 0 Å². The number of hydrogen-bond donors (Lipinski definition) is 0. The molecule has 0 amide bonds. The summed E-state index contributed by atoms with van der Waals surface area (Å²) in [5.74, 6) is 0. The normalized spacial score (nSPS) is 11.8. The zero-order valence-electron chi connectivity index (χ0n) is 18.0. The number of aryl methyl sites for hydroxylation is 2. The Labute approximate surface area is 180 Å². The molecule has 0 aliphatic heterocycles. The Morgan fingerprint density at radius 3 is 1.93 bits per heavy atom. The van der Waals surface area contributed by atoms with Crippen LogP contribution < -0.4 is 0 Å². The highest BCUT2D eigenvalue weighted by molar-refractivity contribution is 7.33. The third-order valence-electron chi connectivity index (χ3n) is 5.92. The summed E-state index contributed by atoms with van der Waals surface area (Å²) in [6.45, 7) is 4.61. The van der Waals surface area contributed by atoms with Crippen molar-refractivity contribution in [3.8, 4) is 0 Å². The molecule has 0 fully saturated rings. The molecule has 2 heterocycles. The van der Waals surface area contributed by atoms with Gasteiger partial charge in [-0.05, 0) is 37.3 Å². The van der Waals surface area contributed by atoms with E-state index in [1.807, 2.05) is 11.3 Å². The minimum Gasteiger partial charge on any atom is -0.138 e. The van der Waals surface area contributed by atoms with E-state index in [9.17, 15) is 0 Å². The predicted octanol–water partition coefficient (Wildman–Crippen LogP) is 9.92. The highest BCUT2D eigenvalue weighted by Crippen LogP contribution is 2.43. The number of unbranched alkanes of at least 4 members (excludes halogenated alkanes) is 10. The fourth-order valence-corrected chi connectivity index (χ4v) is 7.14. The molecule has 0 aliphatic rings. The van der Waals surface area contributed by atoms with Gasteiger partial charge in [-0.1, -0.05) is 96.3 Å². The van der Waals surface area contributed by atoms with Gasteiger partial charge >= 0.3 is 0 Å². The molecule has 154 valence electrons. The number of thiophene rings is 2. The predicted molar refractivity (Wildman–Crippen MR) is 131 cm³/mol. The van der Waals surface area contributed by atoms with E-state index < -0.39 is 0 Å². The highest BCUT2D eigenvalue weighted by Gasteiger charge is 2.16. The Hall–Kier alpha value is -0.860. The third kappa shape index (κ3) is 5.83. The summed E-state index contributed by atoms with van der Waals surface area (Å²) in [4.78, 5) is 1.70. The van der Waals surface area contributed by atoms with Gasteiger partial charge in [0.05, 0.1) is 4.70 Å². The Balaban J connectivity index is 1.67. The van der Waals surface area contributed by atoms with Crippen LogP contribution in [0, 0.1) is 0 Å². The van der Waals surface area contributed by atoms with Gasteiger partial charge < -0.3 is 0 Å². The lowest BCUT2D eigenvalue weighted by atomic mass is 10.0. The summed E-state index contributed by atoms with van der Waals surface area (Å²) in [7, 11) is 0. The van der Waals surface area contributed by atoms with E-state index in [-0.39, 0.29) is 0 Å². The van der Waals surface area contributed by atoms with Gasteiger partial charge in [0.15, 0.2) is 0 Å². The van der Waals surface area contributed by atoms with Crippen LogP contribution in [-0.4, -0.2) is 0 Å². The maximum atomic E-state index is 2.33. The first-order valence-corrected chi connectivity index (χ1v) is 13.4. The number of fused-ring (bicyclic) bond motifs is 3. The Kier molecular flexibility index (Phi) is 9.34. The van der Waals surface area contributed by atoms with E-state index in [0.29, 0.717) is 0 Å². The monoisotopic (exact) mass is 414 g/mol. The second kappa shape index (κ2) is 12.0. The molecule has 0 aliphatic carbocycles. The lowest BCUT2D eigenvalue weighted by Gasteiger charge is -2.05. The molecule has 0 radical (unpaired) electrons. The smallest absolute Gasteiger partial charge is 0.0535 e. The third-order valence-corrected chi connectivity index (χ3v) is 8.61. The minimum absolute atomic E-state index is 1.30. The van der Waals surface area contributed by atoms with Crippen molar-refractivity contribution < 1.29 is 0 Å². The van der Waals surface area contributed by atoms with Crippen molar-refractivity contribution >= 4 is 42.2 Å². The topological polar surface area (TPSA) is 0 Å². The highest BCUT2D eigenvalue weighted by atomic mass is 32.1. The van der Waals surface area contributed by atoms with Gasteiger partial charge in [-0.25, -0.2) is 0 Å². The lowest BCUT2D eigenvalue weighted by Crippen LogP contribution is -1.91. The molecule has 0 spiro atoms. The van der Waals surface area contributed by atoms with Crippen molar-refractivity contribution in [2.24, 2.45) is 0 Å². The van der Waals surface area contributed by atoms with Crippen molar-refractivity contribution in [2.75, 3.05) is 0 Å². The standard InChI is InChI=1S/C26H38S2/c1-3-5-7-9-11-13-17-21-23(19-14-12-10-8-6-4-2)27-26-22-18-15-16-20-24(22)28-25(21)26/h15-16,18,20H,3-14,17,19H2,1-2H3. The zero-order chi connectivity index (χ0) is 19.6. The van der Waals surface area contributed by atoms with Gasteiger partial charge in [-0.2, -0.15) is 0 Å². The second-order valence-corrected chi connectivity index (χ2v) is 10.5. The maximum Gasteiger partial charge on any atom is 0.0535 e. The Bertz CT molecular complexity index is 824. The van der Waals surface area contributed by atoms with Crippen LogP contribution in [-0.2, 0) is 12.8 Å². The Morgan fingerprint density at radius 1 is 0.607 bits per heavy atom. The molecular formula is C26H38S2. The second-order valence-electron chi connectivity index (χ2n) is 8.30. The van der Waals surface area contributed by atoms with Gasteiger partial charge in [0.25, 0.3) is 0 Å². The first-order valence-electron chi connectivity index (χ1n) is 11.8. The fraction of sp³-hybridized carbons (Fsp3) is 0.615. The first kappa shape index (κ1) is 21.8. The van der Waals surface area contributed by atoms with E-state index in [4.69, 9.17) is 0 Å². The van der Waals surface area contributed by atoms with Gasteiger partial charge in [0.2, 0.25) is 0 Å². The van der Waals surface area contributed by atoms with Crippen LogP contribution in [0.15, 0.2) is 24.3 Å². The molecule has 1 aromatic carbocycles. The van der Waals surface area contributed by atoms with Crippen LogP contribution >= 0.6 is 22.7 Å². The average molecular weight is 415 g/mol. The molecule has 3 aromatic rings. The molecule has 0 unspecified atom stereocenters. The molecule has 2 aromatic heterocycles. The van der Waals surface area contributed by atoms with Crippen LogP contribution in [0.5, 0.6) is 0 Å². The van der Waals surface area contributed by atoms with Crippen molar-refractivity contribution in [2.45, 2.75) is 104 Å². The summed E-state index contributed by atoms with van der Waals surface area (Å²) in [6.07, 6.45) is 19.3. The van der Waals surface area contributed by atoms with Gasteiger partial charge in [0, 0.05) is 19.7 Å². The van der Waals surface area contributed by atoms with E-state index in [1.165, 1.54) is 100.0 Å². The van der Waals surface area contributed by atoms with Gasteiger partial charge in [-0.3, -0.25) is 0 Å². The van der Waals surface area contributed by atoms with Crippen molar-refractivity contribution in [1.29, 1.82) is 0 Å². The SMILES string of the molecule is CCCCCCCCc1sc2c(sc3ccccc32)c1CCCCCCCC. The van der Waals surface area contributed by atoms with Gasteiger partial charge in [0.1, 0.15) is 0 Å². The molecule has 0 saturated heterocycles. The number of hydrogen-bond acceptors (Lipinski definition) is 2. The van der Waals surface area contributed by atoms with E-state index in [0.717, 1.165) is 0 Å². The molecule has 28 heavy (non-hydrogen) atoms. The molecule has 0 saturated carbocycles. The summed E-state index contributed by atoms with van der Waals surface area (Å²) in [6, 6.07) is 9.02. The number of benzene rings is 1. The van der Waals surface area contributed by atoms with Crippen molar-refractivity contribution in [1.82, 2.24) is 0 Å². The molecule has 0 N–H and O–H groups in total. The molecule has 3 rings (SSSR count). The summed E-state index contributed by atoms with van der Waals surface area (Å²) >= 11 is 4.15. The van der Waals surface area contributed by atoms with Crippen molar-refractivity contribution in [3.05, 3.63) is 34.7 Å². The number of rotatable bonds is 14. The van der Waals surface area contributed by atoms with Crippen LogP contribution in [0.1, 0.15) is 101 Å². The quantitative estimate of drug-likeness (QED) is 0.230. The molecule has 0 atom stereocenters. The first-order chi connectivity index (χ1) is 13.8. The Morgan fingerprint density at radius 2 is 1.21 bits per heavy atom.